The minimum Gasteiger partial charge on any atom is -0.402 e. The Bertz CT molecular complexity index is 788. The molecule has 0 bridgehead atoms. The molecule has 126 valence electrons. The third-order valence-corrected chi connectivity index (χ3v) is 2.93. The number of hydrogen-bond acceptors (Lipinski definition) is 4. The number of halogens is 3. The zero-order valence-corrected chi connectivity index (χ0v) is 13.1. The molecule has 1 aromatic heterocycles. The highest BCUT2D eigenvalue weighted by Gasteiger charge is 2.30. The number of aryl methyl sites for hydroxylation is 1. The first-order chi connectivity index (χ1) is 11.1. The summed E-state index contributed by atoms with van der Waals surface area (Å²) in [5, 5.41) is 0. The van der Waals surface area contributed by atoms with Gasteiger partial charge in [0.1, 0.15) is 5.84 Å². The van der Waals surface area contributed by atoms with Crippen molar-refractivity contribution in [3.8, 4) is 11.4 Å². The van der Waals surface area contributed by atoms with Crippen molar-refractivity contribution in [3.05, 3.63) is 53.4 Å². The molecule has 24 heavy (non-hydrogen) atoms. The average Bonchev–Trinajstić information content (AvgIpc) is 2.44. The summed E-state index contributed by atoms with van der Waals surface area (Å²) in [6.45, 7) is 3.40. The van der Waals surface area contributed by atoms with Gasteiger partial charge in [0.05, 0.1) is 5.56 Å². The fourth-order valence-corrected chi connectivity index (χ4v) is 1.94. The summed E-state index contributed by atoms with van der Waals surface area (Å²) in [6.07, 6.45) is -2.91. The number of aromatic nitrogens is 2. The van der Waals surface area contributed by atoms with E-state index in [1.165, 1.54) is 18.2 Å². The quantitative estimate of drug-likeness (QED) is 0.665. The van der Waals surface area contributed by atoms with Crippen LogP contribution in [0.25, 0.3) is 11.4 Å². The van der Waals surface area contributed by atoms with Crippen molar-refractivity contribution >= 4 is 11.7 Å². The average molecular weight is 335 g/mol. The largest absolute Gasteiger partial charge is 0.416 e. The second-order valence-corrected chi connectivity index (χ2v) is 5.19. The van der Waals surface area contributed by atoms with Gasteiger partial charge < -0.3 is 11.5 Å². The van der Waals surface area contributed by atoms with Gasteiger partial charge in [-0.3, -0.25) is 0 Å². The maximum Gasteiger partial charge on any atom is 0.416 e. The lowest BCUT2D eigenvalue weighted by Gasteiger charge is -2.08. The number of benzene rings is 1. The summed E-state index contributed by atoms with van der Waals surface area (Å²) in [4.78, 5) is 12.5. The Morgan fingerprint density at radius 3 is 2.29 bits per heavy atom. The molecule has 0 saturated heterocycles. The first-order valence-electron chi connectivity index (χ1n) is 6.96. The lowest BCUT2D eigenvalue weighted by Crippen LogP contribution is -2.10. The van der Waals surface area contributed by atoms with E-state index in [2.05, 4.69) is 15.0 Å². The minimum absolute atomic E-state index is 0.173. The highest BCUT2D eigenvalue weighted by molar-refractivity contribution is 5.93. The van der Waals surface area contributed by atoms with Crippen LogP contribution in [0.3, 0.4) is 0 Å². The van der Waals surface area contributed by atoms with Crippen LogP contribution >= 0.6 is 0 Å². The molecule has 0 fully saturated rings. The SMILES string of the molecule is C/C(N)=C/C(N)=Nc1cc(C)nc(-c2ccc(C(F)(F)F)cc2)n1. The minimum atomic E-state index is -4.39. The van der Waals surface area contributed by atoms with Crippen molar-refractivity contribution < 1.29 is 13.2 Å². The summed E-state index contributed by atoms with van der Waals surface area (Å²) in [5.41, 5.74) is 12.1. The van der Waals surface area contributed by atoms with Crippen LogP contribution in [0, 0.1) is 6.92 Å². The first-order valence-corrected chi connectivity index (χ1v) is 6.96. The maximum absolute atomic E-state index is 12.6. The lowest BCUT2D eigenvalue weighted by molar-refractivity contribution is -0.137. The first kappa shape index (κ1) is 17.5. The van der Waals surface area contributed by atoms with Crippen LogP contribution in [-0.4, -0.2) is 15.8 Å². The molecule has 8 heteroatoms. The highest BCUT2D eigenvalue weighted by atomic mass is 19.4. The molecular weight excluding hydrogens is 319 g/mol. The van der Waals surface area contributed by atoms with E-state index in [9.17, 15) is 13.2 Å². The van der Waals surface area contributed by atoms with Crippen LogP contribution in [0.5, 0.6) is 0 Å². The van der Waals surface area contributed by atoms with E-state index in [1.807, 2.05) is 0 Å². The molecule has 2 rings (SSSR count). The number of allylic oxidation sites excluding steroid dienone is 1. The Labute approximate surface area is 136 Å². The van der Waals surface area contributed by atoms with Crippen LogP contribution in [0.4, 0.5) is 19.0 Å². The Morgan fingerprint density at radius 1 is 1.12 bits per heavy atom. The second kappa shape index (κ2) is 6.69. The Hall–Kier alpha value is -2.90. The summed E-state index contributed by atoms with van der Waals surface area (Å²) < 4.78 is 37.9. The van der Waals surface area contributed by atoms with Gasteiger partial charge in [0.25, 0.3) is 0 Å². The van der Waals surface area contributed by atoms with Crippen molar-refractivity contribution in [2.75, 3.05) is 0 Å². The molecule has 0 atom stereocenters. The molecule has 0 aliphatic rings. The summed E-state index contributed by atoms with van der Waals surface area (Å²) >= 11 is 0. The van der Waals surface area contributed by atoms with Crippen molar-refractivity contribution in [2.45, 2.75) is 20.0 Å². The third kappa shape index (κ3) is 4.55. The van der Waals surface area contributed by atoms with Gasteiger partial charge >= 0.3 is 6.18 Å². The van der Waals surface area contributed by atoms with E-state index in [0.717, 1.165) is 12.1 Å². The van der Waals surface area contributed by atoms with Gasteiger partial charge in [-0.2, -0.15) is 13.2 Å². The van der Waals surface area contributed by atoms with E-state index in [0.29, 0.717) is 22.8 Å². The summed E-state index contributed by atoms with van der Waals surface area (Å²) in [5.74, 6) is 0.739. The smallest absolute Gasteiger partial charge is 0.402 e. The van der Waals surface area contributed by atoms with Gasteiger partial charge in [-0.1, -0.05) is 12.1 Å². The third-order valence-electron chi connectivity index (χ3n) is 2.93. The number of nitrogens with zero attached hydrogens (tertiary/aromatic N) is 3. The maximum atomic E-state index is 12.6. The molecule has 0 saturated carbocycles. The van der Waals surface area contributed by atoms with E-state index >= 15 is 0 Å². The van der Waals surface area contributed by atoms with Gasteiger partial charge in [0.15, 0.2) is 11.6 Å². The molecule has 0 aliphatic heterocycles. The second-order valence-electron chi connectivity index (χ2n) is 5.19. The Kier molecular flexibility index (Phi) is 4.87. The zero-order chi connectivity index (χ0) is 17.9. The van der Waals surface area contributed by atoms with Gasteiger partial charge in [-0.15, -0.1) is 0 Å². The molecule has 0 radical (unpaired) electrons. The van der Waals surface area contributed by atoms with E-state index in [-0.39, 0.29) is 11.7 Å². The lowest BCUT2D eigenvalue weighted by atomic mass is 10.1. The standard InChI is InChI=1S/C16H16F3N5/c1-9(20)7-13(21)23-14-8-10(2)22-15(24-14)11-3-5-12(6-4-11)16(17,18)19/h3-8H,20H2,1-2H3,(H2,21,22,23,24)/b9-7-. The van der Waals surface area contributed by atoms with Crippen LogP contribution in [0.2, 0.25) is 0 Å². The zero-order valence-electron chi connectivity index (χ0n) is 13.1. The predicted molar refractivity (Wildman–Crippen MR) is 86.4 cm³/mol. The number of alkyl halides is 3. The van der Waals surface area contributed by atoms with E-state index in [1.54, 1.807) is 19.9 Å². The number of rotatable bonds is 3. The number of aliphatic imine (C=N–C) groups is 1. The highest BCUT2D eigenvalue weighted by Crippen LogP contribution is 2.30. The Balaban J connectivity index is 2.40. The van der Waals surface area contributed by atoms with Crippen LogP contribution in [0.1, 0.15) is 18.2 Å². The van der Waals surface area contributed by atoms with Crippen LogP contribution < -0.4 is 11.5 Å². The molecule has 4 N–H and O–H groups in total. The van der Waals surface area contributed by atoms with E-state index in [4.69, 9.17) is 11.5 Å². The van der Waals surface area contributed by atoms with Crippen molar-refractivity contribution in [1.29, 1.82) is 0 Å². The van der Waals surface area contributed by atoms with E-state index < -0.39 is 11.7 Å². The molecule has 1 heterocycles. The van der Waals surface area contributed by atoms with Crippen LogP contribution in [-0.2, 0) is 6.18 Å². The molecule has 0 unspecified atom stereocenters. The molecule has 0 aliphatic carbocycles. The van der Waals surface area contributed by atoms with Crippen molar-refractivity contribution in [1.82, 2.24) is 9.97 Å². The summed E-state index contributed by atoms with van der Waals surface area (Å²) in [6, 6.07) is 6.22. The molecule has 5 nitrogen and oxygen atoms in total. The molecule has 1 aromatic carbocycles. The molecule has 0 amide bonds. The van der Waals surface area contributed by atoms with Crippen LogP contribution in [0.15, 0.2) is 47.1 Å². The monoisotopic (exact) mass is 335 g/mol. The normalized spacial score (nSPS) is 13.2. The number of nitrogens with two attached hydrogens (primary N) is 2. The van der Waals surface area contributed by atoms with Crippen molar-refractivity contribution in [2.24, 2.45) is 16.5 Å². The fourth-order valence-electron chi connectivity index (χ4n) is 1.94. The van der Waals surface area contributed by atoms with Gasteiger partial charge in [0, 0.05) is 23.0 Å². The predicted octanol–water partition coefficient (Wildman–Crippen LogP) is 3.32. The molecule has 0 spiro atoms. The van der Waals surface area contributed by atoms with Gasteiger partial charge in [0.2, 0.25) is 0 Å². The summed E-state index contributed by atoms with van der Waals surface area (Å²) in [7, 11) is 0. The molecule has 2 aromatic rings. The number of hydrogen-bond donors (Lipinski definition) is 2. The van der Waals surface area contributed by atoms with Crippen molar-refractivity contribution in [3.63, 3.8) is 0 Å². The topological polar surface area (TPSA) is 90.2 Å². The van der Waals surface area contributed by atoms with Gasteiger partial charge in [-0.05, 0) is 32.1 Å². The fraction of sp³-hybridized carbons (Fsp3) is 0.188. The molecular formula is C16H16F3N5. The van der Waals surface area contributed by atoms with Gasteiger partial charge in [-0.25, -0.2) is 15.0 Å². The Morgan fingerprint density at radius 2 is 1.75 bits per heavy atom. The number of amidine groups is 1.